The van der Waals surface area contributed by atoms with Crippen molar-refractivity contribution in [2.75, 3.05) is 4.90 Å². The molecule has 162 valence electrons. The van der Waals surface area contributed by atoms with Gasteiger partial charge in [-0.15, -0.1) is 0 Å². The van der Waals surface area contributed by atoms with Gasteiger partial charge in [0.25, 0.3) is 5.91 Å². The molecule has 1 amide bonds. The number of carbonyl (C=O) groups excluding carboxylic acids is 1. The number of rotatable bonds is 5. The van der Waals surface area contributed by atoms with Gasteiger partial charge in [0.15, 0.2) is 4.32 Å². The van der Waals surface area contributed by atoms with E-state index in [4.69, 9.17) is 63.4 Å². The molecule has 1 saturated heterocycles. The fourth-order valence-electron chi connectivity index (χ4n) is 2.95. The summed E-state index contributed by atoms with van der Waals surface area (Å²) in [5.74, 6) is 0.440. The van der Waals surface area contributed by atoms with E-state index in [9.17, 15) is 4.79 Å². The first kappa shape index (κ1) is 23.4. The van der Waals surface area contributed by atoms with Crippen LogP contribution in [0.15, 0.2) is 65.6 Å². The van der Waals surface area contributed by atoms with Crippen LogP contribution in [0.4, 0.5) is 5.69 Å². The van der Waals surface area contributed by atoms with Gasteiger partial charge in [-0.3, -0.25) is 9.69 Å². The number of nitrogens with zero attached hydrogens (tertiary/aromatic N) is 1. The lowest BCUT2D eigenvalue weighted by Crippen LogP contribution is -2.27. The molecule has 1 heterocycles. The predicted octanol–water partition coefficient (Wildman–Crippen LogP) is 8.29. The van der Waals surface area contributed by atoms with Crippen LogP contribution in [0, 0.1) is 0 Å². The van der Waals surface area contributed by atoms with Crippen molar-refractivity contribution in [2.24, 2.45) is 0 Å². The standard InChI is InChI=1S/C23H13Cl4NO2S2/c24-15-4-3-14(18(26)10-15)12-30-17-6-1-13(2-7-17)9-21-22(29)28(23(31)32-21)20-8-5-16(25)11-19(20)27/h1-11H,12H2/b21-9-. The number of amides is 1. The summed E-state index contributed by atoms with van der Waals surface area (Å²) in [6.07, 6.45) is 1.78. The number of benzene rings is 3. The summed E-state index contributed by atoms with van der Waals surface area (Å²) in [6, 6.07) is 17.6. The third-order valence-electron chi connectivity index (χ3n) is 4.53. The number of thioether (sulfide) groups is 1. The van der Waals surface area contributed by atoms with Crippen LogP contribution in [0.25, 0.3) is 6.08 Å². The van der Waals surface area contributed by atoms with Crippen molar-refractivity contribution in [1.82, 2.24) is 0 Å². The third kappa shape index (κ3) is 5.25. The maximum absolute atomic E-state index is 13.0. The Hall–Kier alpha value is -1.73. The number of anilines is 1. The SMILES string of the molecule is O=C1/C(=C/c2ccc(OCc3ccc(Cl)cc3Cl)cc2)SC(=S)N1c1ccc(Cl)cc1Cl. The number of thiocarbonyl (C=S) groups is 1. The van der Waals surface area contributed by atoms with Gasteiger partial charge in [0, 0.05) is 20.6 Å². The van der Waals surface area contributed by atoms with Crippen molar-refractivity contribution in [2.45, 2.75) is 6.61 Å². The Bertz CT molecular complexity index is 1250. The zero-order valence-electron chi connectivity index (χ0n) is 16.2. The van der Waals surface area contributed by atoms with Crippen LogP contribution >= 0.6 is 70.4 Å². The van der Waals surface area contributed by atoms with Gasteiger partial charge in [-0.1, -0.05) is 88.6 Å². The third-order valence-corrected chi connectivity index (χ3v) is 6.96. The average molecular weight is 541 g/mol. The van der Waals surface area contributed by atoms with Crippen LogP contribution in [0.1, 0.15) is 11.1 Å². The van der Waals surface area contributed by atoms with Crippen molar-refractivity contribution in [3.63, 3.8) is 0 Å². The first-order valence-electron chi connectivity index (χ1n) is 9.21. The normalized spacial score (nSPS) is 15.0. The number of hydrogen-bond donors (Lipinski definition) is 0. The molecule has 0 N–H and O–H groups in total. The van der Waals surface area contributed by atoms with Gasteiger partial charge in [0.1, 0.15) is 12.4 Å². The molecule has 0 saturated carbocycles. The first-order valence-corrected chi connectivity index (χ1v) is 12.0. The Morgan fingerprint density at radius 1 is 0.906 bits per heavy atom. The highest BCUT2D eigenvalue weighted by atomic mass is 35.5. The average Bonchev–Trinajstić information content (AvgIpc) is 3.02. The van der Waals surface area contributed by atoms with Crippen LogP contribution < -0.4 is 9.64 Å². The molecule has 3 nitrogen and oxygen atoms in total. The monoisotopic (exact) mass is 539 g/mol. The smallest absolute Gasteiger partial charge is 0.270 e. The quantitative estimate of drug-likeness (QED) is 0.240. The van der Waals surface area contributed by atoms with Crippen LogP contribution in [0.3, 0.4) is 0 Å². The summed E-state index contributed by atoms with van der Waals surface area (Å²) in [5, 5.41) is 1.97. The molecule has 3 aromatic rings. The minimum Gasteiger partial charge on any atom is -0.489 e. The molecular weight excluding hydrogens is 528 g/mol. The van der Waals surface area contributed by atoms with E-state index in [0.29, 0.717) is 47.4 Å². The van der Waals surface area contributed by atoms with E-state index in [-0.39, 0.29) is 5.91 Å². The topological polar surface area (TPSA) is 29.5 Å². The fourth-order valence-corrected chi connectivity index (χ4v) is 5.19. The molecule has 1 aliphatic heterocycles. The molecule has 1 fully saturated rings. The Morgan fingerprint density at radius 3 is 2.22 bits per heavy atom. The Balaban J connectivity index is 1.47. The van der Waals surface area contributed by atoms with E-state index in [0.717, 1.165) is 11.1 Å². The van der Waals surface area contributed by atoms with Gasteiger partial charge in [-0.25, -0.2) is 0 Å². The molecule has 0 bridgehead atoms. The number of hydrogen-bond acceptors (Lipinski definition) is 4. The van der Waals surface area contributed by atoms with Crippen molar-refractivity contribution in [1.29, 1.82) is 0 Å². The minimum atomic E-state index is -0.234. The van der Waals surface area contributed by atoms with E-state index in [1.165, 1.54) is 16.7 Å². The second-order valence-corrected chi connectivity index (χ2v) is 10.1. The van der Waals surface area contributed by atoms with Gasteiger partial charge in [0.05, 0.1) is 15.6 Å². The molecule has 32 heavy (non-hydrogen) atoms. The van der Waals surface area contributed by atoms with E-state index in [1.54, 1.807) is 36.4 Å². The fraction of sp³-hybridized carbons (Fsp3) is 0.0435. The summed E-state index contributed by atoms with van der Waals surface area (Å²) in [5.41, 5.74) is 2.18. The number of carbonyl (C=O) groups is 1. The van der Waals surface area contributed by atoms with Crippen molar-refractivity contribution >= 4 is 92.4 Å². The highest BCUT2D eigenvalue weighted by Crippen LogP contribution is 2.39. The van der Waals surface area contributed by atoms with Crippen LogP contribution in [-0.4, -0.2) is 10.2 Å². The largest absolute Gasteiger partial charge is 0.489 e. The summed E-state index contributed by atoms with van der Waals surface area (Å²) in [6.45, 7) is 0.315. The van der Waals surface area contributed by atoms with E-state index < -0.39 is 0 Å². The minimum absolute atomic E-state index is 0.234. The lowest BCUT2D eigenvalue weighted by atomic mass is 10.2. The maximum atomic E-state index is 13.0. The van der Waals surface area contributed by atoms with Crippen LogP contribution in [0.5, 0.6) is 5.75 Å². The number of halogens is 4. The Kier molecular flexibility index (Phi) is 7.35. The van der Waals surface area contributed by atoms with E-state index in [2.05, 4.69) is 0 Å². The van der Waals surface area contributed by atoms with E-state index >= 15 is 0 Å². The summed E-state index contributed by atoms with van der Waals surface area (Å²) in [4.78, 5) is 14.9. The zero-order chi connectivity index (χ0) is 22.8. The molecule has 1 aliphatic rings. The van der Waals surface area contributed by atoms with Gasteiger partial charge >= 0.3 is 0 Å². The molecule has 0 spiro atoms. The predicted molar refractivity (Wildman–Crippen MR) is 139 cm³/mol. The lowest BCUT2D eigenvalue weighted by Gasteiger charge is -2.16. The maximum Gasteiger partial charge on any atom is 0.270 e. The Labute approximate surface area is 214 Å². The highest BCUT2D eigenvalue weighted by molar-refractivity contribution is 8.27. The van der Waals surface area contributed by atoms with E-state index in [1.807, 2.05) is 30.3 Å². The summed E-state index contributed by atoms with van der Waals surface area (Å²) >= 11 is 30.9. The van der Waals surface area contributed by atoms with Crippen LogP contribution in [0.2, 0.25) is 20.1 Å². The van der Waals surface area contributed by atoms with Crippen molar-refractivity contribution in [3.8, 4) is 5.75 Å². The molecular formula is C23H13Cl4NO2S2. The first-order chi connectivity index (χ1) is 15.3. The molecule has 0 aliphatic carbocycles. The molecule has 9 heteroatoms. The lowest BCUT2D eigenvalue weighted by molar-refractivity contribution is -0.113. The summed E-state index contributed by atoms with van der Waals surface area (Å²) < 4.78 is 6.21. The molecule has 3 aromatic carbocycles. The molecule has 0 radical (unpaired) electrons. The summed E-state index contributed by atoms with van der Waals surface area (Å²) in [7, 11) is 0. The van der Waals surface area contributed by atoms with Crippen LogP contribution in [-0.2, 0) is 11.4 Å². The molecule has 4 rings (SSSR count). The molecule has 0 unspecified atom stereocenters. The van der Waals surface area contributed by atoms with Gasteiger partial charge in [-0.2, -0.15) is 0 Å². The van der Waals surface area contributed by atoms with Gasteiger partial charge in [-0.05, 0) is 54.1 Å². The number of ether oxygens (including phenoxy) is 1. The second kappa shape index (κ2) is 10.0. The van der Waals surface area contributed by atoms with Crippen molar-refractivity contribution in [3.05, 3.63) is 96.8 Å². The van der Waals surface area contributed by atoms with Gasteiger partial charge in [0.2, 0.25) is 0 Å². The Morgan fingerprint density at radius 2 is 1.56 bits per heavy atom. The zero-order valence-corrected chi connectivity index (χ0v) is 20.8. The van der Waals surface area contributed by atoms with Crippen molar-refractivity contribution < 1.29 is 9.53 Å². The molecule has 0 aromatic heterocycles. The second-order valence-electron chi connectivity index (χ2n) is 6.71. The highest BCUT2D eigenvalue weighted by Gasteiger charge is 2.34. The molecule has 0 atom stereocenters. The van der Waals surface area contributed by atoms with Gasteiger partial charge < -0.3 is 4.74 Å².